The maximum Gasteiger partial charge on any atom is 0.237 e. The fraction of sp³-hybridized carbons (Fsp3) is 0.625. The Bertz CT molecular complexity index is 224. The fourth-order valence-electron chi connectivity index (χ4n) is 1.35. The van der Waals surface area contributed by atoms with E-state index in [9.17, 15) is 9.59 Å². The molecule has 4 nitrogen and oxygen atoms in total. The number of carbonyl (C=O) groups excluding carboxylic acids is 2. The molecule has 63 valence electrons. The first-order chi connectivity index (χ1) is 5.83. The Morgan fingerprint density at radius 1 is 1.17 bits per heavy atom. The van der Waals surface area contributed by atoms with Crippen LogP contribution in [-0.2, 0) is 9.59 Å². The van der Waals surface area contributed by atoms with E-state index in [4.69, 9.17) is 0 Å². The van der Waals surface area contributed by atoms with Crippen molar-refractivity contribution in [2.24, 2.45) is 9.98 Å². The van der Waals surface area contributed by atoms with E-state index >= 15 is 0 Å². The lowest BCUT2D eigenvalue weighted by Gasteiger charge is -2.25. The first kappa shape index (κ1) is 8.85. The van der Waals surface area contributed by atoms with E-state index in [2.05, 4.69) is 9.98 Å². The van der Waals surface area contributed by atoms with Gasteiger partial charge in [-0.25, -0.2) is 9.59 Å². The van der Waals surface area contributed by atoms with Gasteiger partial charge in [-0.2, -0.15) is 9.98 Å². The summed E-state index contributed by atoms with van der Waals surface area (Å²) in [4.78, 5) is 27.1. The van der Waals surface area contributed by atoms with Crippen molar-refractivity contribution < 1.29 is 9.59 Å². The van der Waals surface area contributed by atoms with Gasteiger partial charge >= 0.3 is 0 Å². The summed E-state index contributed by atoms with van der Waals surface area (Å²) in [5, 5.41) is 0. The van der Waals surface area contributed by atoms with Crippen LogP contribution in [0.25, 0.3) is 0 Å². The van der Waals surface area contributed by atoms with Crippen molar-refractivity contribution in [3.8, 4) is 0 Å². The number of hydrogen-bond donors (Lipinski definition) is 0. The van der Waals surface area contributed by atoms with Gasteiger partial charge in [-0.1, -0.05) is 6.42 Å². The van der Waals surface area contributed by atoms with E-state index in [1.165, 1.54) is 12.2 Å². The lowest BCUT2D eigenvalue weighted by atomic mass is 9.90. The molecule has 0 saturated heterocycles. The molecule has 1 radical (unpaired) electrons. The van der Waals surface area contributed by atoms with Crippen LogP contribution >= 0.6 is 0 Å². The summed E-state index contributed by atoms with van der Waals surface area (Å²) in [5.41, 5.74) is -0.943. The van der Waals surface area contributed by atoms with Crippen molar-refractivity contribution in [3.05, 3.63) is 6.42 Å². The van der Waals surface area contributed by atoms with E-state index in [1.807, 2.05) is 0 Å². The summed E-state index contributed by atoms with van der Waals surface area (Å²) in [5.74, 6) is 0. The predicted molar refractivity (Wildman–Crippen MR) is 41.7 cm³/mol. The van der Waals surface area contributed by atoms with Gasteiger partial charge in [-0.05, 0) is 19.3 Å². The first-order valence-electron chi connectivity index (χ1n) is 3.85. The van der Waals surface area contributed by atoms with Crippen LogP contribution in [0.5, 0.6) is 0 Å². The van der Waals surface area contributed by atoms with Crippen LogP contribution in [0, 0.1) is 6.42 Å². The molecule has 0 spiro atoms. The average Bonchev–Trinajstić information content (AvgIpc) is 2.07. The summed E-state index contributed by atoms with van der Waals surface area (Å²) >= 11 is 0. The molecule has 12 heavy (non-hydrogen) atoms. The molecule has 0 N–H and O–H groups in total. The Morgan fingerprint density at radius 2 is 1.83 bits per heavy atom. The number of rotatable bonds is 2. The SMILES string of the molecule is O=C=NC1(N=C=O)[CH]CCCC1. The molecule has 0 amide bonds. The largest absolute Gasteiger partial charge is 0.237 e. The zero-order valence-electron chi connectivity index (χ0n) is 6.62. The van der Waals surface area contributed by atoms with Gasteiger partial charge < -0.3 is 0 Å². The van der Waals surface area contributed by atoms with Crippen LogP contribution < -0.4 is 0 Å². The number of isocyanates is 2. The second kappa shape index (κ2) is 3.96. The summed E-state index contributed by atoms with van der Waals surface area (Å²) in [6.45, 7) is 0. The molecule has 1 aliphatic carbocycles. The van der Waals surface area contributed by atoms with Crippen LogP contribution in [0.1, 0.15) is 25.7 Å². The molecule has 0 aromatic rings. The van der Waals surface area contributed by atoms with Crippen molar-refractivity contribution in [1.82, 2.24) is 0 Å². The Hall–Kier alpha value is -1.24. The summed E-state index contributed by atoms with van der Waals surface area (Å²) in [6, 6.07) is 0. The Kier molecular flexibility index (Phi) is 2.92. The topological polar surface area (TPSA) is 58.9 Å². The molecule has 0 aromatic heterocycles. The standard InChI is InChI=1S/C8H9N2O2/c11-6-9-8(10-7-12)4-2-1-3-5-8/h4H,1-3,5H2. The van der Waals surface area contributed by atoms with E-state index in [0.717, 1.165) is 19.3 Å². The molecule has 0 bridgehead atoms. The molecule has 0 unspecified atom stereocenters. The fourth-order valence-corrected chi connectivity index (χ4v) is 1.35. The van der Waals surface area contributed by atoms with E-state index < -0.39 is 5.66 Å². The maximum atomic E-state index is 10.1. The Balaban J connectivity index is 2.82. The van der Waals surface area contributed by atoms with Gasteiger partial charge in [0.1, 0.15) is 0 Å². The second-order valence-corrected chi connectivity index (χ2v) is 2.73. The minimum Gasteiger partial charge on any atom is -0.211 e. The quantitative estimate of drug-likeness (QED) is 0.455. The molecule has 0 heterocycles. The van der Waals surface area contributed by atoms with Crippen molar-refractivity contribution in [1.29, 1.82) is 0 Å². The molecule has 0 aliphatic heterocycles. The minimum absolute atomic E-state index is 0.609. The van der Waals surface area contributed by atoms with Gasteiger partial charge in [0.25, 0.3) is 0 Å². The first-order valence-corrected chi connectivity index (χ1v) is 3.85. The molecular weight excluding hydrogens is 156 g/mol. The number of nitrogens with zero attached hydrogens (tertiary/aromatic N) is 2. The zero-order chi connectivity index (χ0) is 8.86. The molecule has 4 heteroatoms. The highest BCUT2D eigenvalue weighted by molar-refractivity contribution is 5.40. The summed E-state index contributed by atoms with van der Waals surface area (Å²) in [6.07, 6.45) is 8.06. The minimum atomic E-state index is -0.943. The van der Waals surface area contributed by atoms with Crippen molar-refractivity contribution in [3.63, 3.8) is 0 Å². The molecular formula is C8H9N2O2. The number of hydrogen-bond acceptors (Lipinski definition) is 4. The Labute approximate surface area is 70.4 Å². The maximum absolute atomic E-state index is 10.1. The van der Waals surface area contributed by atoms with E-state index in [0.29, 0.717) is 6.42 Å². The highest BCUT2D eigenvalue weighted by atomic mass is 16.1. The van der Waals surface area contributed by atoms with Crippen LogP contribution in [-0.4, -0.2) is 17.8 Å². The lowest BCUT2D eigenvalue weighted by molar-refractivity contribution is 0.388. The van der Waals surface area contributed by atoms with Crippen molar-refractivity contribution >= 4 is 12.2 Å². The molecule has 0 aromatic carbocycles. The lowest BCUT2D eigenvalue weighted by Crippen LogP contribution is -2.27. The molecule has 1 saturated carbocycles. The van der Waals surface area contributed by atoms with Gasteiger partial charge in [-0.3, -0.25) is 0 Å². The van der Waals surface area contributed by atoms with Crippen LogP contribution in [0.3, 0.4) is 0 Å². The zero-order valence-corrected chi connectivity index (χ0v) is 6.62. The van der Waals surface area contributed by atoms with Gasteiger partial charge in [0, 0.05) is 6.42 Å². The molecule has 1 rings (SSSR count). The van der Waals surface area contributed by atoms with Crippen LogP contribution in [0.2, 0.25) is 0 Å². The van der Waals surface area contributed by atoms with Crippen molar-refractivity contribution in [2.75, 3.05) is 0 Å². The highest BCUT2D eigenvalue weighted by Crippen LogP contribution is 2.31. The van der Waals surface area contributed by atoms with Crippen molar-refractivity contribution in [2.45, 2.75) is 31.3 Å². The van der Waals surface area contributed by atoms with E-state index in [1.54, 1.807) is 6.42 Å². The molecule has 1 aliphatic rings. The molecule has 1 fully saturated rings. The second-order valence-electron chi connectivity index (χ2n) is 2.73. The van der Waals surface area contributed by atoms with Gasteiger partial charge in [0.2, 0.25) is 12.2 Å². The normalized spacial score (nSPS) is 20.3. The van der Waals surface area contributed by atoms with Crippen LogP contribution in [0.4, 0.5) is 0 Å². The Morgan fingerprint density at radius 3 is 2.25 bits per heavy atom. The van der Waals surface area contributed by atoms with Gasteiger partial charge in [0.15, 0.2) is 5.66 Å². The summed E-state index contributed by atoms with van der Waals surface area (Å²) < 4.78 is 0. The monoisotopic (exact) mass is 165 g/mol. The van der Waals surface area contributed by atoms with E-state index in [-0.39, 0.29) is 0 Å². The smallest absolute Gasteiger partial charge is 0.211 e. The average molecular weight is 165 g/mol. The molecule has 0 atom stereocenters. The third kappa shape index (κ3) is 1.88. The van der Waals surface area contributed by atoms with Gasteiger partial charge in [0.05, 0.1) is 0 Å². The highest BCUT2D eigenvalue weighted by Gasteiger charge is 2.31. The third-order valence-electron chi connectivity index (χ3n) is 1.95. The van der Waals surface area contributed by atoms with Crippen LogP contribution in [0.15, 0.2) is 9.98 Å². The summed E-state index contributed by atoms with van der Waals surface area (Å²) in [7, 11) is 0. The third-order valence-corrected chi connectivity index (χ3v) is 1.95. The predicted octanol–water partition coefficient (Wildman–Crippen LogP) is 1.13. The van der Waals surface area contributed by atoms with Gasteiger partial charge in [-0.15, -0.1) is 0 Å². The number of aliphatic imine (C=N–C) groups is 2.